The third kappa shape index (κ3) is 5.93. The molecule has 7 heteroatoms. The van der Waals surface area contributed by atoms with Crippen LogP contribution >= 0.6 is 11.3 Å². The molecule has 1 aromatic heterocycles. The Hall–Kier alpha value is -2.25. The average molecular weight is 375 g/mol. The van der Waals surface area contributed by atoms with Crippen molar-refractivity contribution < 1.29 is 14.3 Å². The molecule has 1 aromatic carbocycles. The van der Waals surface area contributed by atoms with Gasteiger partial charge in [0, 0.05) is 22.7 Å². The molecule has 0 fully saturated rings. The van der Waals surface area contributed by atoms with Crippen LogP contribution in [0.1, 0.15) is 25.8 Å². The van der Waals surface area contributed by atoms with Crippen molar-refractivity contribution in [1.29, 1.82) is 0 Å². The van der Waals surface area contributed by atoms with Crippen LogP contribution in [-0.4, -0.2) is 47.5 Å². The molecule has 0 aliphatic rings. The number of aryl methyl sites for hydroxylation is 1. The van der Waals surface area contributed by atoms with Crippen molar-refractivity contribution in [2.24, 2.45) is 0 Å². The van der Waals surface area contributed by atoms with Crippen LogP contribution in [-0.2, 0) is 14.3 Å². The van der Waals surface area contributed by atoms with Crippen LogP contribution in [0.15, 0.2) is 29.6 Å². The molecule has 1 heterocycles. The SMILES string of the molecule is CCOC(=O)CN(CC(=O)Nc1cccc(-c2csc(C)n2)c1)C(C)C. The summed E-state index contributed by atoms with van der Waals surface area (Å²) in [4.78, 5) is 30.3. The smallest absolute Gasteiger partial charge is 0.320 e. The van der Waals surface area contributed by atoms with Gasteiger partial charge in [-0.25, -0.2) is 4.98 Å². The van der Waals surface area contributed by atoms with Gasteiger partial charge in [-0.15, -0.1) is 11.3 Å². The number of esters is 1. The first-order valence-electron chi connectivity index (χ1n) is 8.61. The van der Waals surface area contributed by atoms with Crippen LogP contribution < -0.4 is 5.32 Å². The van der Waals surface area contributed by atoms with E-state index < -0.39 is 0 Å². The van der Waals surface area contributed by atoms with E-state index in [0.29, 0.717) is 12.3 Å². The number of carbonyl (C=O) groups excluding carboxylic acids is 2. The van der Waals surface area contributed by atoms with Gasteiger partial charge in [-0.2, -0.15) is 0 Å². The lowest BCUT2D eigenvalue weighted by Crippen LogP contribution is -2.41. The molecule has 0 saturated carbocycles. The van der Waals surface area contributed by atoms with Crippen molar-refractivity contribution in [3.05, 3.63) is 34.7 Å². The molecular formula is C19H25N3O3S. The molecule has 1 amide bonds. The first-order valence-corrected chi connectivity index (χ1v) is 9.49. The number of nitrogens with one attached hydrogen (secondary N) is 1. The van der Waals surface area contributed by atoms with Crippen molar-refractivity contribution in [1.82, 2.24) is 9.88 Å². The van der Waals surface area contributed by atoms with Crippen molar-refractivity contribution in [2.45, 2.75) is 33.7 Å². The van der Waals surface area contributed by atoms with E-state index in [1.807, 2.05) is 50.4 Å². The van der Waals surface area contributed by atoms with E-state index in [-0.39, 0.29) is 31.0 Å². The number of nitrogens with zero attached hydrogens (tertiary/aromatic N) is 2. The minimum Gasteiger partial charge on any atom is -0.465 e. The van der Waals surface area contributed by atoms with Crippen LogP contribution in [0.25, 0.3) is 11.3 Å². The molecule has 0 aliphatic carbocycles. The normalized spacial score (nSPS) is 11.0. The molecule has 0 atom stereocenters. The molecule has 0 spiro atoms. The van der Waals surface area contributed by atoms with E-state index in [4.69, 9.17) is 4.74 Å². The van der Waals surface area contributed by atoms with Crippen molar-refractivity contribution in [3.8, 4) is 11.3 Å². The Morgan fingerprint density at radius 1 is 1.31 bits per heavy atom. The number of amides is 1. The van der Waals surface area contributed by atoms with E-state index >= 15 is 0 Å². The molecule has 0 radical (unpaired) electrons. The summed E-state index contributed by atoms with van der Waals surface area (Å²) in [6.45, 7) is 8.16. The number of ether oxygens (including phenoxy) is 1. The molecule has 2 rings (SSSR count). The maximum atomic E-state index is 12.4. The topological polar surface area (TPSA) is 71.5 Å². The highest BCUT2D eigenvalue weighted by Crippen LogP contribution is 2.24. The van der Waals surface area contributed by atoms with Crippen LogP contribution in [0, 0.1) is 6.92 Å². The number of anilines is 1. The van der Waals surface area contributed by atoms with E-state index in [9.17, 15) is 9.59 Å². The van der Waals surface area contributed by atoms with Crippen molar-refractivity contribution in [2.75, 3.05) is 25.0 Å². The largest absolute Gasteiger partial charge is 0.465 e. The number of hydrogen-bond acceptors (Lipinski definition) is 6. The zero-order valence-corrected chi connectivity index (χ0v) is 16.4. The lowest BCUT2D eigenvalue weighted by atomic mass is 10.1. The zero-order valence-electron chi connectivity index (χ0n) is 15.6. The summed E-state index contributed by atoms with van der Waals surface area (Å²) in [7, 11) is 0. The molecule has 0 bridgehead atoms. The lowest BCUT2D eigenvalue weighted by molar-refractivity contribution is -0.145. The third-order valence-corrected chi connectivity index (χ3v) is 4.55. The number of hydrogen-bond donors (Lipinski definition) is 1. The van der Waals surface area contributed by atoms with Gasteiger partial charge < -0.3 is 10.1 Å². The Morgan fingerprint density at radius 2 is 2.08 bits per heavy atom. The van der Waals surface area contributed by atoms with Crippen LogP contribution in [0.2, 0.25) is 0 Å². The summed E-state index contributed by atoms with van der Waals surface area (Å²) in [6.07, 6.45) is 0. The maximum absolute atomic E-state index is 12.4. The van der Waals surface area contributed by atoms with Gasteiger partial charge >= 0.3 is 5.97 Å². The Bertz CT molecular complexity index is 758. The van der Waals surface area contributed by atoms with Gasteiger partial charge in [0.1, 0.15) is 0 Å². The van der Waals surface area contributed by atoms with E-state index in [1.165, 1.54) is 0 Å². The summed E-state index contributed by atoms with van der Waals surface area (Å²) in [5, 5.41) is 5.89. The van der Waals surface area contributed by atoms with Crippen LogP contribution in [0.4, 0.5) is 5.69 Å². The monoisotopic (exact) mass is 375 g/mol. The minimum atomic E-state index is -0.324. The predicted octanol–water partition coefficient (Wildman–Crippen LogP) is 3.33. The summed E-state index contributed by atoms with van der Waals surface area (Å²) >= 11 is 1.59. The highest BCUT2D eigenvalue weighted by Gasteiger charge is 2.18. The van der Waals surface area contributed by atoms with Crippen molar-refractivity contribution >= 4 is 28.9 Å². The number of benzene rings is 1. The second-order valence-corrected chi connectivity index (χ2v) is 7.25. The summed E-state index contributed by atoms with van der Waals surface area (Å²) in [5.74, 6) is -0.496. The Morgan fingerprint density at radius 3 is 2.69 bits per heavy atom. The number of rotatable bonds is 8. The third-order valence-electron chi connectivity index (χ3n) is 3.78. The minimum absolute atomic E-state index is 0.0504. The fourth-order valence-corrected chi connectivity index (χ4v) is 3.05. The van der Waals surface area contributed by atoms with Crippen LogP contribution in [0.3, 0.4) is 0 Å². The zero-order chi connectivity index (χ0) is 19.1. The van der Waals surface area contributed by atoms with Gasteiger partial charge in [-0.3, -0.25) is 14.5 Å². The fraction of sp³-hybridized carbons (Fsp3) is 0.421. The molecule has 6 nitrogen and oxygen atoms in total. The van der Waals surface area contributed by atoms with Gasteiger partial charge in [0.15, 0.2) is 0 Å². The fourth-order valence-electron chi connectivity index (χ4n) is 2.43. The van der Waals surface area contributed by atoms with Crippen LogP contribution in [0.5, 0.6) is 0 Å². The van der Waals surface area contributed by atoms with Crippen molar-refractivity contribution in [3.63, 3.8) is 0 Å². The Kier molecular flexibility index (Phi) is 7.29. The molecule has 140 valence electrons. The predicted molar refractivity (Wildman–Crippen MR) is 104 cm³/mol. The number of aromatic nitrogens is 1. The summed E-state index contributed by atoms with van der Waals surface area (Å²) < 4.78 is 4.97. The maximum Gasteiger partial charge on any atom is 0.320 e. The Balaban J connectivity index is 2.01. The highest BCUT2D eigenvalue weighted by molar-refractivity contribution is 7.09. The molecule has 0 aliphatic heterocycles. The first kappa shape index (κ1) is 20.1. The van der Waals surface area contributed by atoms with Gasteiger partial charge in [0.2, 0.25) is 5.91 Å². The summed E-state index contributed by atoms with van der Waals surface area (Å²) in [5.41, 5.74) is 2.56. The first-order chi connectivity index (χ1) is 12.4. The molecule has 0 unspecified atom stereocenters. The molecule has 26 heavy (non-hydrogen) atoms. The van der Waals surface area contributed by atoms with Gasteiger partial charge in [-0.1, -0.05) is 12.1 Å². The average Bonchev–Trinajstić information content (AvgIpc) is 3.01. The van der Waals surface area contributed by atoms with Gasteiger partial charge in [0.05, 0.1) is 30.4 Å². The summed E-state index contributed by atoms with van der Waals surface area (Å²) in [6, 6.07) is 7.64. The van der Waals surface area contributed by atoms with Gasteiger partial charge in [0.25, 0.3) is 0 Å². The number of carbonyl (C=O) groups is 2. The molecule has 0 saturated heterocycles. The second-order valence-electron chi connectivity index (χ2n) is 6.18. The standard InChI is InChI=1S/C19H25N3O3S/c1-5-25-19(24)11-22(13(2)3)10-18(23)21-16-8-6-7-15(9-16)17-12-26-14(4)20-17/h6-9,12-13H,5,10-11H2,1-4H3,(H,21,23). The lowest BCUT2D eigenvalue weighted by Gasteiger charge is -2.24. The highest BCUT2D eigenvalue weighted by atomic mass is 32.1. The van der Waals surface area contributed by atoms with Gasteiger partial charge in [-0.05, 0) is 39.8 Å². The molecular weight excluding hydrogens is 350 g/mol. The van der Waals surface area contributed by atoms with E-state index in [1.54, 1.807) is 23.2 Å². The Labute approximate surface area is 158 Å². The molecule has 2 aromatic rings. The second kappa shape index (κ2) is 9.45. The number of thiazole rings is 1. The van der Waals surface area contributed by atoms with E-state index in [2.05, 4.69) is 10.3 Å². The quantitative estimate of drug-likeness (QED) is 0.717. The van der Waals surface area contributed by atoms with E-state index in [0.717, 1.165) is 16.3 Å². The molecule has 1 N–H and O–H groups in total.